The third-order valence-corrected chi connectivity index (χ3v) is 4.26. The van der Waals surface area contributed by atoms with Crippen LogP contribution >= 0.6 is 0 Å². The third kappa shape index (κ3) is 6.37. The van der Waals surface area contributed by atoms with Gasteiger partial charge >= 0.3 is 6.09 Å². The van der Waals surface area contributed by atoms with Gasteiger partial charge in [-0.3, -0.25) is 9.69 Å². The third-order valence-electron chi connectivity index (χ3n) is 4.26. The number of rotatable bonds is 5. The standard InChI is InChI=1S/C17H33N3O3/c1-7-20(8-2)15(21)13-19-11-9-14(10-12-19)18(6)16(22)23-17(3,4)5/h14H,7-13H2,1-6H3. The molecule has 1 aliphatic rings. The van der Waals surface area contributed by atoms with E-state index in [4.69, 9.17) is 4.74 Å². The Labute approximate surface area is 140 Å². The number of nitrogens with zero attached hydrogens (tertiary/aromatic N) is 3. The molecule has 0 aromatic heterocycles. The van der Waals surface area contributed by atoms with Gasteiger partial charge in [-0.25, -0.2) is 4.79 Å². The van der Waals surface area contributed by atoms with E-state index in [1.807, 2.05) is 39.5 Å². The monoisotopic (exact) mass is 327 g/mol. The molecular weight excluding hydrogens is 294 g/mol. The van der Waals surface area contributed by atoms with Gasteiger partial charge in [0.2, 0.25) is 5.91 Å². The van der Waals surface area contributed by atoms with Gasteiger partial charge in [0, 0.05) is 39.3 Å². The number of piperidine rings is 1. The summed E-state index contributed by atoms with van der Waals surface area (Å²) in [7, 11) is 1.80. The summed E-state index contributed by atoms with van der Waals surface area (Å²) < 4.78 is 5.42. The van der Waals surface area contributed by atoms with E-state index in [-0.39, 0.29) is 18.0 Å². The van der Waals surface area contributed by atoms with Crippen LogP contribution in [0.2, 0.25) is 0 Å². The lowest BCUT2D eigenvalue weighted by atomic mass is 10.0. The maximum atomic E-state index is 12.2. The molecule has 0 aromatic carbocycles. The first kappa shape index (κ1) is 19.7. The van der Waals surface area contributed by atoms with Crippen LogP contribution in [-0.4, -0.2) is 78.1 Å². The summed E-state index contributed by atoms with van der Waals surface area (Å²) in [5.74, 6) is 0.189. The quantitative estimate of drug-likeness (QED) is 0.777. The Kier molecular flexibility index (Phi) is 7.32. The number of carbonyl (C=O) groups excluding carboxylic acids is 2. The summed E-state index contributed by atoms with van der Waals surface area (Å²) in [6.07, 6.45) is 1.48. The van der Waals surface area contributed by atoms with E-state index in [1.165, 1.54) is 0 Å². The van der Waals surface area contributed by atoms with Crippen molar-refractivity contribution >= 4 is 12.0 Å². The van der Waals surface area contributed by atoms with Gasteiger partial charge in [0.25, 0.3) is 0 Å². The predicted octanol–water partition coefficient (Wildman–Crippen LogP) is 2.19. The summed E-state index contributed by atoms with van der Waals surface area (Å²) in [6, 6.07) is 0.185. The fraction of sp³-hybridized carbons (Fsp3) is 0.882. The molecular formula is C17H33N3O3. The minimum absolute atomic E-state index is 0.185. The van der Waals surface area contributed by atoms with Crippen molar-refractivity contribution in [2.45, 2.75) is 59.1 Å². The van der Waals surface area contributed by atoms with Gasteiger partial charge in [-0.05, 0) is 47.5 Å². The van der Waals surface area contributed by atoms with Crippen LogP contribution in [-0.2, 0) is 9.53 Å². The van der Waals surface area contributed by atoms with Crippen LogP contribution in [0.1, 0.15) is 47.5 Å². The number of likely N-dealkylation sites (tertiary alicyclic amines) is 1. The molecule has 6 nitrogen and oxygen atoms in total. The number of amides is 2. The number of hydrogen-bond donors (Lipinski definition) is 0. The first-order chi connectivity index (χ1) is 10.7. The van der Waals surface area contributed by atoms with E-state index < -0.39 is 5.60 Å². The molecule has 1 rings (SSSR count). The predicted molar refractivity (Wildman–Crippen MR) is 91.4 cm³/mol. The second-order valence-corrected chi connectivity index (χ2v) is 7.16. The zero-order valence-corrected chi connectivity index (χ0v) is 15.6. The van der Waals surface area contributed by atoms with Gasteiger partial charge in [-0.2, -0.15) is 0 Å². The molecule has 0 aromatic rings. The van der Waals surface area contributed by atoms with Gasteiger partial charge in [0.1, 0.15) is 5.60 Å². The molecule has 1 heterocycles. The average molecular weight is 327 g/mol. The van der Waals surface area contributed by atoms with Crippen LogP contribution in [0.5, 0.6) is 0 Å². The van der Waals surface area contributed by atoms with Gasteiger partial charge in [0.15, 0.2) is 0 Å². The highest BCUT2D eigenvalue weighted by Gasteiger charge is 2.29. The lowest BCUT2D eigenvalue weighted by Crippen LogP contribution is -2.49. The van der Waals surface area contributed by atoms with E-state index in [2.05, 4.69) is 4.90 Å². The first-order valence-electron chi connectivity index (χ1n) is 8.63. The lowest BCUT2D eigenvalue weighted by molar-refractivity contribution is -0.132. The molecule has 0 unspecified atom stereocenters. The molecule has 0 radical (unpaired) electrons. The van der Waals surface area contributed by atoms with E-state index >= 15 is 0 Å². The molecule has 0 bridgehead atoms. The van der Waals surface area contributed by atoms with Crippen LogP contribution in [0.4, 0.5) is 4.79 Å². The molecule has 2 amide bonds. The van der Waals surface area contributed by atoms with Crippen molar-refractivity contribution in [1.29, 1.82) is 0 Å². The van der Waals surface area contributed by atoms with Crippen molar-refractivity contribution in [3.8, 4) is 0 Å². The zero-order valence-electron chi connectivity index (χ0n) is 15.6. The summed E-state index contributed by atoms with van der Waals surface area (Å²) >= 11 is 0. The Morgan fingerprint density at radius 1 is 1.13 bits per heavy atom. The van der Waals surface area contributed by atoms with Crippen LogP contribution < -0.4 is 0 Å². The molecule has 6 heteroatoms. The van der Waals surface area contributed by atoms with Crippen molar-refractivity contribution in [2.24, 2.45) is 0 Å². The second kappa shape index (κ2) is 8.52. The van der Waals surface area contributed by atoms with E-state index in [0.717, 1.165) is 39.0 Å². The Morgan fingerprint density at radius 2 is 1.65 bits per heavy atom. The van der Waals surface area contributed by atoms with Crippen LogP contribution in [0.25, 0.3) is 0 Å². The second-order valence-electron chi connectivity index (χ2n) is 7.16. The van der Waals surface area contributed by atoms with Crippen molar-refractivity contribution < 1.29 is 14.3 Å². The fourth-order valence-corrected chi connectivity index (χ4v) is 2.82. The molecule has 1 aliphatic heterocycles. The van der Waals surface area contributed by atoms with Crippen molar-refractivity contribution in [3.63, 3.8) is 0 Å². The zero-order chi connectivity index (χ0) is 17.6. The SMILES string of the molecule is CCN(CC)C(=O)CN1CCC(N(C)C(=O)OC(C)(C)C)CC1. The van der Waals surface area contributed by atoms with E-state index in [9.17, 15) is 9.59 Å². The highest BCUT2D eigenvalue weighted by atomic mass is 16.6. The minimum Gasteiger partial charge on any atom is -0.444 e. The fourth-order valence-electron chi connectivity index (χ4n) is 2.82. The number of ether oxygens (including phenoxy) is 1. The number of likely N-dealkylation sites (N-methyl/N-ethyl adjacent to an activating group) is 1. The minimum atomic E-state index is -0.470. The van der Waals surface area contributed by atoms with Crippen LogP contribution in [0, 0.1) is 0 Å². The first-order valence-corrected chi connectivity index (χ1v) is 8.63. The Morgan fingerprint density at radius 3 is 2.09 bits per heavy atom. The van der Waals surface area contributed by atoms with Crippen molar-refractivity contribution in [1.82, 2.24) is 14.7 Å². The molecule has 134 valence electrons. The Bertz CT molecular complexity index is 394. The molecule has 0 saturated carbocycles. The molecule has 1 fully saturated rings. The normalized spacial score (nSPS) is 17.0. The molecule has 1 saturated heterocycles. The lowest BCUT2D eigenvalue weighted by Gasteiger charge is -2.37. The molecule has 0 spiro atoms. The van der Waals surface area contributed by atoms with Crippen molar-refractivity contribution in [3.05, 3.63) is 0 Å². The van der Waals surface area contributed by atoms with E-state index in [0.29, 0.717) is 6.54 Å². The maximum absolute atomic E-state index is 12.2. The van der Waals surface area contributed by atoms with Crippen molar-refractivity contribution in [2.75, 3.05) is 39.8 Å². The van der Waals surface area contributed by atoms with Gasteiger partial charge in [0.05, 0.1) is 6.54 Å². The van der Waals surface area contributed by atoms with Crippen LogP contribution in [0.3, 0.4) is 0 Å². The summed E-state index contributed by atoms with van der Waals surface area (Å²) in [5.41, 5.74) is -0.470. The summed E-state index contributed by atoms with van der Waals surface area (Å²) in [4.78, 5) is 30.0. The Balaban J connectivity index is 2.43. The Hall–Kier alpha value is -1.30. The highest BCUT2D eigenvalue weighted by molar-refractivity contribution is 5.78. The summed E-state index contributed by atoms with van der Waals surface area (Å²) in [6.45, 7) is 13.3. The van der Waals surface area contributed by atoms with Gasteiger partial charge < -0.3 is 14.5 Å². The van der Waals surface area contributed by atoms with Gasteiger partial charge in [-0.1, -0.05) is 0 Å². The molecule has 23 heavy (non-hydrogen) atoms. The largest absolute Gasteiger partial charge is 0.444 e. The van der Waals surface area contributed by atoms with Crippen LogP contribution in [0.15, 0.2) is 0 Å². The molecule has 0 atom stereocenters. The van der Waals surface area contributed by atoms with Gasteiger partial charge in [-0.15, -0.1) is 0 Å². The topological polar surface area (TPSA) is 53.1 Å². The smallest absolute Gasteiger partial charge is 0.410 e. The molecule has 0 aliphatic carbocycles. The summed E-state index contributed by atoms with van der Waals surface area (Å²) in [5, 5.41) is 0. The number of hydrogen-bond acceptors (Lipinski definition) is 4. The highest BCUT2D eigenvalue weighted by Crippen LogP contribution is 2.18. The number of carbonyl (C=O) groups is 2. The average Bonchev–Trinajstić information content (AvgIpc) is 2.46. The maximum Gasteiger partial charge on any atom is 0.410 e. The van der Waals surface area contributed by atoms with E-state index in [1.54, 1.807) is 11.9 Å². The molecule has 0 N–H and O–H groups in total.